The van der Waals surface area contributed by atoms with Gasteiger partial charge in [-0.2, -0.15) is 0 Å². The number of nitrogens with zero attached hydrogens (tertiary/aromatic N) is 1. The number of nitrogens with two attached hydrogens (primary N) is 1. The fourth-order valence-corrected chi connectivity index (χ4v) is 0.851. The Morgan fingerprint density at radius 2 is 1.13 bits per heavy atom. The molecule has 0 bridgehead atoms. The van der Waals surface area contributed by atoms with Crippen molar-refractivity contribution in [1.82, 2.24) is 4.90 Å². The molecule has 0 spiro atoms. The lowest BCUT2D eigenvalue weighted by Crippen LogP contribution is -2.32. The van der Waals surface area contributed by atoms with E-state index in [-0.39, 0.29) is 26.4 Å². The van der Waals surface area contributed by atoms with Gasteiger partial charge in [0, 0.05) is 26.2 Å². The van der Waals surface area contributed by atoms with Crippen molar-refractivity contribution in [2.24, 2.45) is 5.73 Å². The standard InChI is InChI=1S/C6H15NO3.C3H9NO/c8-4-1-7(2-5-9)3-6-10;4-2-1-3-5/h8-10H,1-6H2;5H,1-4H2. The zero-order valence-corrected chi connectivity index (χ0v) is 9.18. The van der Waals surface area contributed by atoms with Crippen LogP contribution in [-0.2, 0) is 0 Å². The minimum Gasteiger partial charge on any atom is -0.396 e. The van der Waals surface area contributed by atoms with Crippen molar-refractivity contribution in [2.45, 2.75) is 6.42 Å². The summed E-state index contributed by atoms with van der Waals surface area (Å²) in [5, 5.41) is 33.4. The molecule has 0 fully saturated rings. The zero-order valence-electron chi connectivity index (χ0n) is 9.18. The van der Waals surface area contributed by atoms with E-state index in [0.29, 0.717) is 26.2 Å². The maximum absolute atomic E-state index is 8.48. The van der Waals surface area contributed by atoms with Crippen LogP contribution in [0.3, 0.4) is 0 Å². The van der Waals surface area contributed by atoms with Crippen LogP contribution in [0.4, 0.5) is 0 Å². The van der Waals surface area contributed by atoms with E-state index in [0.717, 1.165) is 6.42 Å². The van der Waals surface area contributed by atoms with Crippen molar-refractivity contribution < 1.29 is 20.4 Å². The molecule has 6 N–H and O–H groups in total. The first kappa shape index (κ1) is 17.2. The molecule has 94 valence electrons. The maximum Gasteiger partial charge on any atom is 0.0558 e. The van der Waals surface area contributed by atoms with Gasteiger partial charge in [-0.05, 0) is 13.0 Å². The first-order valence-electron chi connectivity index (χ1n) is 5.12. The van der Waals surface area contributed by atoms with Crippen molar-refractivity contribution >= 4 is 0 Å². The summed E-state index contributed by atoms with van der Waals surface area (Å²) < 4.78 is 0. The van der Waals surface area contributed by atoms with Gasteiger partial charge in [0.1, 0.15) is 0 Å². The predicted molar refractivity (Wildman–Crippen MR) is 58.5 cm³/mol. The fourth-order valence-electron chi connectivity index (χ4n) is 0.851. The van der Waals surface area contributed by atoms with E-state index in [1.54, 1.807) is 4.90 Å². The van der Waals surface area contributed by atoms with E-state index in [9.17, 15) is 0 Å². The highest BCUT2D eigenvalue weighted by Gasteiger charge is 2.00. The summed E-state index contributed by atoms with van der Waals surface area (Å²) in [6.07, 6.45) is 0.722. The van der Waals surface area contributed by atoms with Gasteiger partial charge in [-0.15, -0.1) is 0 Å². The van der Waals surface area contributed by atoms with Gasteiger partial charge in [-0.1, -0.05) is 0 Å². The highest BCUT2D eigenvalue weighted by molar-refractivity contribution is 4.54. The lowest BCUT2D eigenvalue weighted by molar-refractivity contribution is 0.136. The van der Waals surface area contributed by atoms with Crippen LogP contribution in [0.25, 0.3) is 0 Å². The molecule has 0 aliphatic heterocycles. The highest BCUT2D eigenvalue weighted by Crippen LogP contribution is 1.84. The topological polar surface area (TPSA) is 110 Å². The van der Waals surface area contributed by atoms with Crippen LogP contribution < -0.4 is 5.73 Å². The zero-order chi connectivity index (χ0) is 11.9. The molecule has 0 heterocycles. The van der Waals surface area contributed by atoms with Crippen LogP contribution in [0.15, 0.2) is 0 Å². The Kier molecular flexibility index (Phi) is 18.5. The first-order chi connectivity index (χ1) is 7.26. The second-order valence-electron chi connectivity index (χ2n) is 2.88. The number of aliphatic hydroxyl groups is 4. The quantitative estimate of drug-likeness (QED) is 0.314. The molecular formula is C9H24N2O4. The maximum atomic E-state index is 8.48. The van der Waals surface area contributed by atoms with Gasteiger partial charge >= 0.3 is 0 Å². The van der Waals surface area contributed by atoms with Crippen LogP contribution in [0.1, 0.15) is 6.42 Å². The summed E-state index contributed by atoms with van der Waals surface area (Å²) in [7, 11) is 0. The SMILES string of the molecule is NCCCO.OCCN(CCO)CCO. The van der Waals surface area contributed by atoms with Crippen molar-refractivity contribution in [2.75, 3.05) is 52.6 Å². The summed E-state index contributed by atoms with van der Waals surface area (Å²) in [5.74, 6) is 0. The van der Waals surface area contributed by atoms with E-state index >= 15 is 0 Å². The summed E-state index contributed by atoms with van der Waals surface area (Å²) in [5.41, 5.74) is 4.98. The van der Waals surface area contributed by atoms with Gasteiger partial charge in [0.2, 0.25) is 0 Å². The summed E-state index contributed by atoms with van der Waals surface area (Å²) >= 11 is 0. The van der Waals surface area contributed by atoms with Gasteiger partial charge in [0.15, 0.2) is 0 Å². The third kappa shape index (κ3) is 16.4. The van der Waals surface area contributed by atoms with Crippen LogP contribution in [0, 0.1) is 0 Å². The average molecular weight is 224 g/mol. The molecule has 0 aromatic rings. The molecule has 0 aromatic carbocycles. The first-order valence-corrected chi connectivity index (χ1v) is 5.12. The molecule has 0 atom stereocenters. The van der Waals surface area contributed by atoms with Crippen molar-refractivity contribution in [3.63, 3.8) is 0 Å². The van der Waals surface area contributed by atoms with E-state index in [1.165, 1.54) is 0 Å². The number of hydrogen-bond acceptors (Lipinski definition) is 6. The molecule has 0 unspecified atom stereocenters. The minimum absolute atomic E-state index is 0.0694. The number of rotatable bonds is 8. The number of aliphatic hydroxyl groups excluding tert-OH is 4. The smallest absolute Gasteiger partial charge is 0.0558 e. The third-order valence-corrected chi connectivity index (χ3v) is 1.61. The van der Waals surface area contributed by atoms with E-state index in [1.807, 2.05) is 0 Å². The highest BCUT2D eigenvalue weighted by atomic mass is 16.3. The summed E-state index contributed by atoms with van der Waals surface area (Å²) in [6, 6.07) is 0. The van der Waals surface area contributed by atoms with Crippen molar-refractivity contribution in [3.05, 3.63) is 0 Å². The van der Waals surface area contributed by atoms with Gasteiger partial charge in [-0.3, -0.25) is 4.90 Å². The Balaban J connectivity index is 0. The molecule has 6 heteroatoms. The molecule has 0 saturated heterocycles. The molecule has 15 heavy (non-hydrogen) atoms. The van der Waals surface area contributed by atoms with Crippen molar-refractivity contribution in [3.8, 4) is 0 Å². The molecule has 0 aliphatic carbocycles. The molecule has 0 rings (SSSR count). The molecule has 0 saturated carbocycles. The van der Waals surface area contributed by atoms with Gasteiger partial charge in [0.25, 0.3) is 0 Å². The summed E-state index contributed by atoms with van der Waals surface area (Å²) in [6.45, 7) is 2.57. The number of hydrogen-bond donors (Lipinski definition) is 5. The lowest BCUT2D eigenvalue weighted by atomic mass is 10.4. The van der Waals surface area contributed by atoms with Crippen LogP contribution >= 0.6 is 0 Å². The van der Waals surface area contributed by atoms with Gasteiger partial charge in [0.05, 0.1) is 19.8 Å². The lowest BCUT2D eigenvalue weighted by Gasteiger charge is -2.17. The second kappa shape index (κ2) is 16.2. The molecule has 0 aromatic heterocycles. The predicted octanol–water partition coefficient (Wildman–Crippen LogP) is -2.41. The Hall–Kier alpha value is -0.240. The van der Waals surface area contributed by atoms with Crippen LogP contribution in [-0.4, -0.2) is 77.9 Å². The van der Waals surface area contributed by atoms with Crippen LogP contribution in [0.5, 0.6) is 0 Å². The third-order valence-electron chi connectivity index (χ3n) is 1.61. The minimum atomic E-state index is 0.0694. The van der Waals surface area contributed by atoms with E-state index < -0.39 is 0 Å². The molecule has 0 aliphatic rings. The van der Waals surface area contributed by atoms with Gasteiger partial charge in [-0.25, -0.2) is 0 Å². The molecular weight excluding hydrogens is 200 g/mol. The normalized spacial score (nSPS) is 10.0. The van der Waals surface area contributed by atoms with Crippen LogP contribution in [0.2, 0.25) is 0 Å². The fraction of sp³-hybridized carbons (Fsp3) is 1.00. The average Bonchev–Trinajstić information content (AvgIpc) is 2.21. The van der Waals surface area contributed by atoms with E-state index in [4.69, 9.17) is 26.2 Å². The molecule has 0 radical (unpaired) electrons. The Bertz CT molecular complexity index is 89.8. The Morgan fingerprint density at radius 1 is 0.733 bits per heavy atom. The summed E-state index contributed by atoms with van der Waals surface area (Å²) in [4.78, 5) is 1.79. The van der Waals surface area contributed by atoms with Gasteiger partial charge < -0.3 is 26.2 Å². The molecule has 6 nitrogen and oxygen atoms in total. The van der Waals surface area contributed by atoms with E-state index in [2.05, 4.69) is 0 Å². The Labute approximate surface area is 90.9 Å². The largest absolute Gasteiger partial charge is 0.396 e. The monoisotopic (exact) mass is 224 g/mol. The van der Waals surface area contributed by atoms with Crippen molar-refractivity contribution in [1.29, 1.82) is 0 Å². The molecule has 0 amide bonds. The Morgan fingerprint density at radius 3 is 1.27 bits per heavy atom. The second-order valence-corrected chi connectivity index (χ2v) is 2.88.